The lowest BCUT2D eigenvalue weighted by Crippen LogP contribution is -2.19. The van der Waals surface area contributed by atoms with E-state index in [-0.39, 0.29) is 12.4 Å². The van der Waals surface area contributed by atoms with Gasteiger partial charge in [0.15, 0.2) is 5.78 Å². The van der Waals surface area contributed by atoms with Crippen LogP contribution in [0.2, 0.25) is 25.7 Å². The van der Waals surface area contributed by atoms with E-state index in [0.29, 0.717) is 11.1 Å². The minimum absolute atomic E-state index is 0.0576. The summed E-state index contributed by atoms with van der Waals surface area (Å²) in [5.41, 5.74) is 2.22. The molecule has 19 heavy (non-hydrogen) atoms. The molecule has 1 aromatic rings. The highest BCUT2D eigenvalue weighted by Gasteiger charge is 2.15. The number of benzene rings is 1. The van der Waals surface area contributed by atoms with Crippen molar-refractivity contribution < 1.29 is 9.90 Å². The Balaban J connectivity index is 3.02. The standard InChI is InChI=1S/C16H22O2Si/c1-5-13(12-19(2,3)4)10-16(18)15-9-7-6-8-14(15)11-17/h5-10,17H,1,11-12H2,2-4H3. The van der Waals surface area contributed by atoms with Crippen LogP contribution in [0.25, 0.3) is 0 Å². The van der Waals surface area contributed by atoms with E-state index in [2.05, 4.69) is 26.2 Å². The highest BCUT2D eigenvalue weighted by atomic mass is 28.3. The monoisotopic (exact) mass is 274 g/mol. The Bertz CT molecular complexity index is 496. The van der Waals surface area contributed by atoms with Gasteiger partial charge >= 0.3 is 0 Å². The normalized spacial score (nSPS) is 12.3. The summed E-state index contributed by atoms with van der Waals surface area (Å²) in [6.07, 6.45) is 3.41. The number of hydrogen-bond donors (Lipinski definition) is 1. The molecule has 2 nitrogen and oxygen atoms in total. The van der Waals surface area contributed by atoms with Gasteiger partial charge < -0.3 is 5.11 Å². The van der Waals surface area contributed by atoms with Crippen molar-refractivity contribution >= 4 is 13.9 Å². The topological polar surface area (TPSA) is 37.3 Å². The summed E-state index contributed by atoms with van der Waals surface area (Å²) >= 11 is 0. The van der Waals surface area contributed by atoms with Gasteiger partial charge in [0, 0.05) is 13.6 Å². The number of allylic oxidation sites excluding steroid dienone is 3. The average molecular weight is 274 g/mol. The van der Waals surface area contributed by atoms with E-state index in [1.807, 2.05) is 12.1 Å². The fourth-order valence-corrected chi connectivity index (χ4v) is 3.41. The summed E-state index contributed by atoms with van der Waals surface area (Å²) in [4.78, 5) is 12.3. The molecular formula is C16H22O2Si. The van der Waals surface area contributed by atoms with Crippen molar-refractivity contribution in [2.45, 2.75) is 32.3 Å². The first kappa shape index (κ1) is 15.6. The first-order chi connectivity index (χ1) is 8.87. The molecular weight excluding hydrogens is 252 g/mol. The molecule has 0 aliphatic carbocycles. The maximum absolute atomic E-state index is 12.3. The van der Waals surface area contributed by atoms with Crippen LogP contribution in [0.1, 0.15) is 15.9 Å². The summed E-state index contributed by atoms with van der Waals surface area (Å²) in [5.74, 6) is -0.0576. The van der Waals surface area contributed by atoms with E-state index in [0.717, 1.165) is 11.6 Å². The molecule has 102 valence electrons. The van der Waals surface area contributed by atoms with E-state index in [4.69, 9.17) is 0 Å². The van der Waals surface area contributed by atoms with Gasteiger partial charge in [0.1, 0.15) is 0 Å². The molecule has 0 bridgehead atoms. The molecule has 0 aliphatic heterocycles. The minimum Gasteiger partial charge on any atom is -0.392 e. The van der Waals surface area contributed by atoms with Crippen LogP contribution in [0.3, 0.4) is 0 Å². The van der Waals surface area contributed by atoms with Crippen LogP contribution in [0.4, 0.5) is 0 Å². The van der Waals surface area contributed by atoms with Crippen LogP contribution < -0.4 is 0 Å². The molecule has 0 heterocycles. The lowest BCUT2D eigenvalue weighted by atomic mass is 10.0. The first-order valence-electron chi connectivity index (χ1n) is 6.43. The molecule has 0 saturated carbocycles. The summed E-state index contributed by atoms with van der Waals surface area (Å²) in [6.45, 7) is 10.5. The summed E-state index contributed by atoms with van der Waals surface area (Å²) < 4.78 is 0. The highest BCUT2D eigenvalue weighted by Crippen LogP contribution is 2.19. The van der Waals surface area contributed by atoms with Crippen LogP contribution in [-0.2, 0) is 6.61 Å². The molecule has 0 radical (unpaired) electrons. The molecule has 1 N–H and O–H groups in total. The molecule has 0 atom stereocenters. The third-order valence-corrected chi connectivity index (χ3v) is 4.24. The molecule has 1 aromatic carbocycles. The molecule has 0 aliphatic rings. The van der Waals surface area contributed by atoms with Crippen LogP contribution in [0, 0.1) is 0 Å². The summed E-state index contributed by atoms with van der Waals surface area (Å²) in [7, 11) is -1.27. The predicted molar refractivity (Wildman–Crippen MR) is 83.1 cm³/mol. The SMILES string of the molecule is C=CC(=CC(=O)c1ccccc1CO)C[Si](C)(C)C. The lowest BCUT2D eigenvalue weighted by Gasteiger charge is -2.16. The largest absolute Gasteiger partial charge is 0.392 e. The van der Waals surface area contributed by atoms with Crippen LogP contribution in [0.5, 0.6) is 0 Å². The van der Waals surface area contributed by atoms with Crippen LogP contribution in [0.15, 0.2) is 48.6 Å². The Morgan fingerprint density at radius 3 is 2.47 bits per heavy atom. The van der Waals surface area contributed by atoms with Crippen molar-refractivity contribution in [3.63, 3.8) is 0 Å². The fourth-order valence-electron chi connectivity index (χ4n) is 1.94. The van der Waals surface area contributed by atoms with E-state index >= 15 is 0 Å². The third-order valence-electron chi connectivity index (χ3n) is 2.77. The van der Waals surface area contributed by atoms with Crippen molar-refractivity contribution in [1.82, 2.24) is 0 Å². The van der Waals surface area contributed by atoms with Gasteiger partial charge in [0.2, 0.25) is 0 Å². The van der Waals surface area contributed by atoms with Gasteiger partial charge in [0.05, 0.1) is 6.61 Å². The second-order valence-corrected chi connectivity index (χ2v) is 11.3. The highest BCUT2D eigenvalue weighted by molar-refractivity contribution is 6.76. The number of rotatable bonds is 6. The zero-order valence-electron chi connectivity index (χ0n) is 11.9. The van der Waals surface area contributed by atoms with Gasteiger partial charge in [-0.2, -0.15) is 0 Å². The third kappa shape index (κ3) is 4.97. The number of ketones is 1. The molecule has 0 spiro atoms. The smallest absolute Gasteiger partial charge is 0.186 e. The van der Waals surface area contributed by atoms with E-state index in [1.165, 1.54) is 0 Å². The van der Waals surface area contributed by atoms with Crippen LogP contribution >= 0.6 is 0 Å². The van der Waals surface area contributed by atoms with E-state index in [9.17, 15) is 9.90 Å². The molecule has 0 aromatic heterocycles. The Morgan fingerprint density at radius 2 is 1.95 bits per heavy atom. The quantitative estimate of drug-likeness (QED) is 0.371. The molecule has 3 heteroatoms. The number of aliphatic hydroxyl groups is 1. The summed E-state index contributed by atoms with van der Waals surface area (Å²) in [5, 5.41) is 9.26. The van der Waals surface area contributed by atoms with Crippen molar-refractivity contribution in [1.29, 1.82) is 0 Å². The molecule has 0 amide bonds. The van der Waals surface area contributed by atoms with Gasteiger partial charge in [-0.1, -0.05) is 56.6 Å². The van der Waals surface area contributed by atoms with Crippen molar-refractivity contribution in [3.8, 4) is 0 Å². The Labute approximate surface area is 116 Å². The first-order valence-corrected chi connectivity index (χ1v) is 10.1. The van der Waals surface area contributed by atoms with Crippen molar-refractivity contribution in [2.75, 3.05) is 0 Å². The van der Waals surface area contributed by atoms with Gasteiger partial charge in [-0.3, -0.25) is 4.79 Å². The minimum atomic E-state index is -1.27. The number of hydrogen-bond acceptors (Lipinski definition) is 2. The van der Waals surface area contributed by atoms with Crippen molar-refractivity contribution in [3.05, 3.63) is 59.7 Å². The molecule has 0 fully saturated rings. The van der Waals surface area contributed by atoms with Crippen molar-refractivity contribution in [2.24, 2.45) is 0 Å². The van der Waals surface area contributed by atoms with Crippen LogP contribution in [-0.4, -0.2) is 19.0 Å². The number of carbonyl (C=O) groups is 1. The maximum atomic E-state index is 12.3. The Morgan fingerprint density at radius 1 is 1.32 bits per heavy atom. The summed E-state index contributed by atoms with van der Waals surface area (Å²) in [6, 6.07) is 8.09. The Hall–Kier alpha value is -1.45. The molecule has 0 unspecified atom stereocenters. The zero-order valence-corrected chi connectivity index (χ0v) is 12.9. The second-order valence-electron chi connectivity index (χ2n) is 5.84. The predicted octanol–water partition coefficient (Wildman–Crippen LogP) is 3.81. The fraction of sp³-hybridized carbons (Fsp3) is 0.312. The Kier molecular flexibility index (Phi) is 5.45. The van der Waals surface area contributed by atoms with Gasteiger partial charge in [-0.15, -0.1) is 0 Å². The average Bonchev–Trinajstić information content (AvgIpc) is 2.36. The zero-order chi connectivity index (χ0) is 14.5. The van der Waals surface area contributed by atoms with Gasteiger partial charge in [-0.05, 0) is 23.3 Å². The van der Waals surface area contributed by atoms with E-state index in [1.54, 1.807) is 24.3 Å². The second kappa shape index (κ2) is 6.64. The maximum Gasteiger partial charge on any atom is 0.186 e. The molecule has 1 rings (SSSR count). The van der Waals surface area contributed by atoms with E-state index < -0.39 is 8.07 Å². The molecule has 0 saturated heterocycles. The lowest BCUT2D eigenvalue weighted by molar-refractivity contribution is 0.104. The number of aliphatic hydroxyl groups excluding tert-OH is 1. The van der Waals surface area contributed by atoms with Gasteiger partial charge in [0.25, 0.3) is 0 Å². The van der Waals surface area contributed by atoms with Gasteiger partial charge in [-0.25, -0.2) is 0 Å². The number of carbonyl (C=O) groups excluding carboxylic acids is 1.